The normalized spacial score (nSPS) is 10.6. The zero-order valence-electron chi connectivity index (χ0n) is 9.43. The van der Waals surface area contributed by atoms with Crippen molar-refractivity contribution in [1.82, 2.24) is 20.3 Å². The Kier molecular flexibility index (Phi) is 3.66. The number of benzene rings is 1. The van der Waals surface area contributed by atoms with Gasteiger partial charge in [0, 0.05) is 0 Å². The van der Waals surface area contributed by atoms with Crippen LogP contribution in [0.5, 0.6) is 0 Å². The summed E-state index contributed by atoms with van der Waals surface area (Å²) in [6, 6.07) is 10.1. The van der Waals surface area contributed by atoms with E-state index < -0.39 is 0 Å². The maximum Gasteiger partial charge on any atom is 0.0729 e. The fraction of sp³-hybridized carbons (Fsp3) is 0.333. The Hall–Kier alpha value is -1.68. The van der Waals surface area contributed by atoms with Gasteiger partial charge in [0.1, 0.15) is 0 Å². The van der Waals surface area contributed by atoms with Crippen LogP contribution in [0.2, 0.25) is 0 Å². The van der Waals surface area contributed by atoms with Crippen molar-refractivity contribution in [2.24, 2.45) is 0 Å². The van der Waals surface area contributed by atoms with Crippen LogP contribution >= 0.6 is 0 Å². The Morgan fingerprint density at radius 3 is 2.81 bits per heavy atom. The van der Waals surface area contributed by atoms with Crippen LogP contribution in [-0.4, -0.2) is 28.6 Å². The second kappa shape index (κ2) is 5.42. The highest BCUT2D eigenvalue weighted by Gasteiger charge is 2.04. The zero-order valence-corrected chi connectivity index (χ0v) is 9.43. The minimum atomic E-state index is 0.989. The molecule has 0 aliphatic carbocycles. The van der Waals surface area contributed by atoms with Gasteiger partial charge >= 0.3 is 0 Å². The third-order valence-corrected chi connectivity index (χ3v) is 2.48. The van der Waals surface area contributed by atoms with Gasteiger partial charge in [0.2, 0.25) is 0 Å². The van der Waals surface area contributed by atoms with Gasteiger partial charge < -0.3 is 5.32 Å². The van der Waals surface area contributed by atoms with Gasteiger partial charge in [0.05, 0.1) is 17.6 Å². The summed E-state index contributed by atoms with van der Waals surface area (Å²) in [6.45, 7) is 1.01. The second-order valence-corrected chi connectivity index (χ2v) is 3.68. The number of rotatable bonds is 5. The van der Waals surface area contributed by atoms with Gasteiger partial charge in [-0.05, 0) is 38.6 Å². The highest BCUT2D eigenvalue weighted by molar-refractivity contribution is 5.31. The van der Waals surface area contributed by atoms with E-state index in [1.165, 1.54) is 0 Å². The lowest BCUT2D eigenvalue weighted by molar-refractivity contribution is 0.687. The maximum atomic E-state index is 4.11. The van der Waals surface area contributed by atoms with Gasteiger partial charge in [-0.15, -0.1) is 5.10 Å². The van der Waals surface area contributed by atoms with Crippen molar-refractivity contribution in [1.29, 1.82) is 0 Å². The molecule has 0 saturated heterocycles. The molecule has 0 fully saturated rings. The van der Waals surface area contributed by atoms with E-state index in [-0.39, 0.29) is 0 Å². The van der Waals surface area contributed by atoms with Crippen LogP contribution in [-0.2, 0) is 6.42 Å². The van der Waals surface area contributed by atoms with E-state index in [0.717, 1.165) is 30.8 Å². The number of hydrogen-bond donors (Lipinski definition) is 1. The van der Waals surface area contributed by atoms with E-state index in [1.807, 2.05) is 48.3 Å². The third-order valence-electron chi connectivity index (χ3n) is 2.48. The van der Waals surface area contributed by atoms with Crippen LogP contribution in [0.25, 0.3) is 5.69 Å². The van der Waals surface area contributed by atoms with Gasteiger partial charge in [0.15, 0.2) is 0 Å². The molecular formula is C12H16N4. The van der Waals surface area contributed by atoms with E-state index in [4.69, 9.17) is 0 Å². The number of hydrogen-bond acceptors (Lipinski definition) is 3. The molecule has 2 rings (SSSR count). The number of nitrogens with one attached hydrogen (secondary N) is 1. The molecule has 0 unspecified atom stereocenters. The molecule has 0 aliphatic rings. The molecule has 4 nitrogen and oxygen atoms in total. The number of para-hydroxylation sites is 1. The Morgan fingerprint density at radius 2 is 2.06 bits per heavy atom. The minimum absolute atomic E-state index is 0.989. The summed E-state index contributed by atoms with van der Waals surface area (Å²) in [4.78, 5) is 0. The molecule has 1 N–H and O–H groups in total. The summed E-state index contributed by atoms with van der Waals surface area (Å²) in [5.74, 6) is 0. The average Bonchev–Trinajstić information content (AvgIpc) is 2.79. The molecule has 16 heavy (non-hydrogen) atoms. The molecule has 0 radical (unpaired) electrons. The summed E-state index contributed by atoms with van der Waals surface area (Å²) < 4.78 is 1.90. The Labute approximate surface area is 95.3 Å². The van der Waals surface area contributed by atoms with Crippen molar-refractivity contribution in [3.63, 3.8) is 0 Å². The van der Waals surface area contributed by atoms with Crippen molar-refractivity contribution in [2.75, 3.05) is 13.6 Å². The Morgan fingerprint density at radius 1 is 1.25 bits per heavy atom. The monoisotopic (exact) mass is 216 g/mol. The summed E-state index contributed by atoms with van der Waals surface area (Å²) in [5, 5.41) is 11.2. The highest BCUT2D eigenvalue weighted by Crippen LogP contribution is 2.09. The summed E-state index contributed by atoms with van der Waals surface area (Å²) in [7, 11) is 1.97. The lowest BCUT2D eigenvalue weighted by atomic mass is 10.2. The topological polar surface area (TPSA) is 42.7 Å². The van der Waals surface area contributed by atoms with Crippen LogP contribution in [0.15, 0.2) is 36.5 Å². The molecule has 1 aromatic carbocycles. The van der Waals surface area contributed by atoms with Crippen LogP contribution in [0.1, 0.15) is 12.1 Å². The molecule has 0 bridgehead atoms. The lowest BCUT2D eigenvalue weighted by Gasteiger charge is -2.05. The molecule has 0 amide bonds. The molecule has 1 aromatic heterocycles. The maximum absolute atomic E-state index is 4.11. The predicted molar refractivity (Wildman–Crippen MR) is 63.6 cm³/mol. The predicted octanol–water partition coefficient (Wildman–Crippen LogP) is 1.42. The van der Waals surface area contributed by atoms with E-state index in [0.29, 0.717) is 0 Å². The SMILES string of the molecule is CNCCCc1cnnn1-c1ccccc1. The number of nitrogens with zero attached hydrogens (tertiary/aromatic N) is 3. The Bertz CT molecular complexity index is 422. The molecule has 2 aromatic rings. The molecule has 0 saturated carbocycles. The second-order valence-electron chi connectivity index (χ2n) is 3.68. The van der Waals surface area contributed by atoms with Crippen molar-refractivity contribution >= 4 is 0 Å². The first kappa shape index (κ1) is 10.8. The van der Waals surface area contributed by atoms with Gasteiger partial charge in [0.25, 0.3) is 0 Å². The van der Waals surface area contributed by atoms with Crippen molar-refractivity contribution in [3.05, 3.63) is 42.2 Å². The average molecular weight is 216 g/mol. The number of aromatic nitrogens is 3. The lowest BCUT2D eigenvalue weighted by Crippen LogP contribution is -2.10. The van der Waals surface area contributed by atoms with E-state index in [2.05, 4.69) is 15.6 Å². The smallest absolute Gasteiger partial charge is 0.0729 e. The van der Waals surface area contributed by atoms with Crippen molar-refractivity contribution in [3.8, 4) is 5.69 Å². The molecule has 0 atom stereocenters. The molecule has 4 heteroatoms. The van der Waals surface area contributed by atoms with E-state index in [1.54, 1.807) is 0 Å². The molecule has 0 spiro atoms. The first-order chi connectivity index (χ1) is 7.92. The van der Waals surface area contributed by atoms with Crippen molar-refractivity contribution < 1.29 is 0 Å². The summed E-state index contributed by atoms with van der Waals surface area (Å²) in [6.07, 6.45) is 3.92. The number of aryl methyl sites for hydroxylation is 1. The minimum Gasteiger partial charge on any atom is -0.320 e. The van der Waals surface area contributed by atoms with Crippen LogP contribution in [0, 0.1) is 0 Å². The summed E-state index contributed by atoms with van der Waals surface area (Å²) in [5.41, 5.74) is 2.22. The van der Waals surface area contributed by atoms with Gasteiger partial charge in [-0.3, -0.25) is 0 Å². The van der Waals surface area contributed by atoms with Gasteiger partial charge in [-0.25, -0.2) is 4.68 Å². The fourth-order valence-electron chi connectivity index (χ4n) is 1.66. The van der Waals surface area contributed by atoms with Crippen molar-refractivity contribution in [2.45, 2.75) is 12.8 Å². The molecule has 84 valence electrons. The third kappa shape index (κ3) is 2.46. The van der Waals surface area contributed by atoms with E-state index >= 15 is 0 Å². The zero-order chi connectivity index (χ0) is 11.2. The fourth-order valence-corrected chi connectivity index (χ4v) is 1.66. The van der Waals surface area contributed by atoms with E-state index in [9.17, 15) is 0 Å². The quantitative estimate of drug-likeness (QED) is 0.769. The molecular weight excluding hydrogens is 200 g/mol. The molecule has 1 heterocycles. The van der Waals surface area contributed by atoms with Crippen LogP contribution < -0.4 is 5.32 Å². The largest absolute Gasteiger partial charge is 0.320 e. The Balaban J connectivity index is 2.13. The standard InChI is InChI=1S/C12H16N4/c1-13-9-5-8-12-10-14-15-16(12)11-6-3-2-4-7-11/h2-4,6-7,10,13H,5,8-9H2,1H3. The van der Waals surface area contributed by atoms with Gasteiger partial charge in [-0.1, -0.05) is 23.4 Å². The molecule has 0 aliphatic heterocycles. The highest BCUT2D eigenvalue weighted by atomic mass is 15.4. The van der Waals surface area contributed by atoms with Gasteiger partial charge in [-0.2, -0.15) is 0 Å². The summed E-state index contributed by atoms with van der Waals surface area (Å²) >= 11 is 0. The first-order valence-electron chi connectivity index (χ1n) is 5.51. The van der Waals surface area contributed by atoms with Crippen LogP contribution in [0.3, 0.4) is 0 Å². The van der Waals surface area contributed by atoms with Crippen LogP contribution in [0.4, 0.5) is 0 Å². The first-order valence-corrected chi connectivity index (χ1v) is 5.51.